The Morgan fingerprint density at radius 1 is 0.974 bits per heavy atom. The molecule has 3 fully saturated rings. The van der Waals surface area contributed by atoms with Gasteiger partial charge < -0.3 is 30.7 Å². The highest BCUT2D eigenvalue weighted by molar-refractivity contribution is 5.90. The van der Waals surface area contributed by atoms with E-state index in [1.54, 1.807) is 4.90 Å². The summed E-state index contributed by atoms with van der Waals surface area (Å²) >= 11 is 0. The highest BCUT2D eigenvalue weighted by Gasteiger charge is 2.38. The van der Waals surface area contributed by atoms with Crippen LogP contribution in [0.15, 0.2) is 35.3 Å². The Labute approximate surface area is 224 Å². The maximum atomic E-state index is 13.2. The molecule has 1 unspecified atom stereocenters. The van der Waals surface area contributed by atoms with Crippen molar-refractivity contribution in [2.45, 2.75) is 95.5 Å². The van der Waals surface area contributed by atoms with Crippen LogP contribution in [0.1, 0.15) is 76.2 Å². The average Bonchev–Trinajstić information content (AvgIpc) is 3.43. The Hall–Kier alpha value is -3.14. The number of piperidine rings is 1. The Morgan fingerprint density at radius 3 is 2.45 bits per heavy atom. The number of benzene rings is 1. The zero-order chi connectivity index (χ0) is 26.9. The summed E-state index contributed by atoms with van der Waals surface area (Å²) in [6.45, 7) is 1.05. The third-order valence-electron chi connectivity index (χ3n) is 7.99. The number of ether oxygens (including phenoxy) is 1. The zero-order valence-electron chi connectivity index (χ0n) is 22.1. The standard InChI is InChI=1S/C28H41N5O5/c29-27(31-28(37)38-19-21-11-5-2-6-12-21)33-18-7-13-22(26(33)36)30-25(35)23-14-8-17-32(23)24(34)16-15-20-9-3-1-4-10-20/h2,5-6,11-12,20,22-23,26,36H,1,3-4,7-10,13-19H2,(H,30,35)(H2,29,31,37)/t22-,23-,26?/m0/s1. The summed E-state index contributed by atoms with van der Waals surface area (Å²) in [5, 5.41) is 13.9. The van der Waals surface area contributed by atoms with E-state index in [0.29, 0.717) is 44.7 Å². The van der Waals surface area contributed by atoms with E-state index in [0.717, 1.165) is 18.4 Å². The Morgan fingerprint density at radius 2 is 1.68 bits per heavy atom. The molecule has 1 aromatic rings. The number of aliphatic hydroxyl groups is 1. The molecule has 1 aliphatic carbocycles. The summed E-state index contributed by atoms with van der Waals surface area (Å²) in [4.78, 5) is 45.2. The molecule has 2 saturated heterocycles. The number of amides is 3. The summed E-state index contributed by atoms with van der Waals surface area (Å²) in [5.41, 5.74) is 6.85. The fourth-order valence-corrected chi connectivity index (χ4v) is 5.85. The van der Waals surface area contributed by atoms with Gasteiger partial charge in [-0.2, -0.15) is 0 Å². The molecule has 3 atom stereocenters. The van der Waals surface area contributed by atoms with Crippen LogP contribution >= 0.6 is 0 Å². The molecule has 1 saturated carbocycles. The van der Waals surface area contributed by atoms with Crippen LogP contribution in [0.3, 0.4) is 0 Å². The Bertz CT molecular complexity index is 981. The molecule has 2 heterocycles. The van der Waals surface area contributed by atoms with Gasteiger partial charge in [0.25, 0.3) is 0 Å². The van der Waals surface area contributed by atoms with Gasteiger partial charge in [0.15, 0.2) is 0 Å². The van der Waals surface area contributed by atoms with Crippen LogP contribution in [0, 0.1) is 5.92 Å². The van der Waals surface area contributed by atoms with Crippen molar-refractivity contribution in [1.29, 1.82) is 0 Å². The molecule has 38 heavy (non-hydrogen) atoms. The first kappa shape index (κ1) is 27.9. The van der Waals surface area contributed by atoms with Gasteiger partial charge in [0.05, 0.1) is 6.04 Å². The number of carbonyl (C=O) groups is 3. The fourth-order valence-electron chi connectivity index (χ4n) is 5.85. The molecule has 10 heteroatoms. The highest BCUT2D eigenvalue weighted by atomic mass is 16.5. The third kappa shape index (κ3) is 7.46. The van der Waals surface area contributed by atoms with Gasteiger partial charge in [-0.15, -0.1) is 4.99 Å². The van der Waals surface area contributed by atoms with Crippen molar-refractivity contribution in [2.24, 2.45) is 16.6 Å². The molecule has 208 valence electrons. The molecule has 0 spiro atoms. The molecule has 1 aromatic carbocycles. The molecule has 4 rings (SSSR count). The second-order valence-electron chi connectivity index (χ2n) is 10.7. The van der Waals surface area contributed by atoms with Crippen molar-refractivity contribution in [3.63, 3.8) is 0 Å². The van der Waals surface area contributed by atoms with Crippen molar-refractivity contribution in [1.82, 2.24) is 15.1 Å². The first-order valence-corrected chi connectivity index (χ1v) is 14.0. The minimum absolute atomic E-state index is 0.0458. The number of likely N-dealkylation sites (tertiary alicyclic amines) is 2. The van der Waals surface area contributed by atoms with E-state index in [9.17, 15) is 19.5 Å². The zero-order valence-corrected chi connectivity index (χ0v) is 22.1. The minimum Gasteiger partial charge on any atom is -0.443 e. The molecule has 3 amide bonds. The molecule has 0 radical (unpaired) electrons. The molecule has 0 aromatic heterocycles. The van der Waals surface area contributed by atoms with Gasteiger partial charge in [0, 0.05) is 19.5 Å². The van der Waals surface area contributed by atoms with Gasteiger partial charge in [0.1, 0.15) is 18.9 Å². The van der Waals surface area contributed by atoms with E-state index >= 15 is 0 Å². The lowest BCUT2D eigenvalue weighted by Crippen LogP contribution is -2.60. The smallest absolute Gasteiger partial charge is 0.437 e. The molecule has 10 nitrogen and oxygen atoms in total. The number of aliphatic imine (C=N–C) groups is 1. The predicted molar refractivity (Wildman–Crippen MR) is 143 cm³/mol. The van der Waals surface area contributed by atoms with E-state index in [4.69, 9.17) is 10.5 Å². The number of rotatable bonds is 7. The second kappa shape index (κ2) is 13.6. The fraction of sp³-hybridized carbons (Fsp3) is 0.643. The maximum Gasteiger partial charge on any atom is 0.437 e. The SMILES string of the molecule is N/C(=N\C(=O)OCc1ccccc1)N1CCC[C@H](NC(=O)[C@@H]2CCCN2C(=O)CCC2CCCCC2)C1O. The van der Waals surface area contributed by atoms with Crippen molar-refractivity contribution in [3.8, 4) is 0 Å². The van der Waals surface area contributed by atoms with Crippen molar-refractivity contribution >= 4 is 23.9 Å². The first-order chi connectivity index (χ1) is 18.4. The van der Waals surface area contributed by atoms with Gasteiger partial charge >= 0.3 is 6.09 Å². The summed E-state index contributed by atoms with van der Waals surface area (Å²) < 4.78 is 5.15. The van der Waals surface area contributed by atoms with Gasteiger partial charge in [-0.05, 0) is 43.6 Å². The first-order valence-electron chi connectivity index (χ1n) is 14.0. The lowest BCUT2D eigenvalue weighted by molar-refractivity contribution is -0.140. The molecular weight excluding hydrogens is 486 g/mol. The number of nitrogens with zero attached hydrogens (tertiary/aromatic N) is 3. The number of hydrogen-bond donors (Lipinski definition) is 3. The molecule has 4 N–H and O–H groups in total. The number of guanidine groups is 1. The van der Waals surface area contributed by atoms with Gasteiger partial charge in [-0.1, -0.05) is 62.4 Å². The lowest BCUT2D eigenvalue weighted by atomic mass is 9.86. The summed E-state index contributed by atoms with van der Waals surface area (Å²) in [5.74, 6) is 0.255. The second-order valence-corrected chi connectivity index (χ2v) is 10.7. The third-order valence-corrected chi connectivity index (χ3v) is 7.99. The van der Waals surface area contributed by atoms with Crippen LogP contribution in [0.25, 0.3) is 0 Å². The van der Waals surface area contributed by atoms with Gasteiger partial charge in [-0.25, -0.2) is 4.79 Å². The summed E-state index contributed by atoms with van der Waals surface area (Å²) in [6.07, 6.45) is 8.18. The van der Waals surface area contributed by atoms with Crippen LogP contribution in [-0.4, -0.2) is 70.2 Å². The van der Waals surface area contributed by atoms with Crippen molar-refractivity contribution < 1.29 is 24.2 Å². The van der Waals surface area contributed by atoms with Crippen LogP contribution < -0.4 is 11.1 Å². The molecule has 2 aliphatic heterocycles. The van der Waals surface area contributed by atoms with Crippen LogP contribution in [0.4, 0.5) is 4.79 Å². The normalized spacial score (nSPS) is 24.8. The van der Waals surface area contributed by atoms with E-state index in [-0.39, 0.29) is 24.4 Å². The molecule has 3 aliphatic rings. The number of nitrogens with one attached hydrogen (secondary N) is 1. The Kier molecular flexibility index (Phi) is 9.98. The Balaban J connectivity index is 1.28. The van der Waals surface area contributed by atoms with Crippen LogP contribution in [-0.2, 0) is 20.9 Å². The summed E-state index contributed by atoms with van der Waals surface area (Å²) in [7, 11) is 0. The number of nitrogens with two attached hydrogens (primary N) is 1. The topological polar surface area (TPSA) is 138 Å². The summed E-state index contributed by atoms with van der Waals surface area (Å²) in [6, 6.07) is 8.11. The largest absolute Gasteiger partial charge is 0.443 e. The predicted octanol–water partition coefficient (Wildman–Crippen LogP) is 2.89. The average molecular weight is 528 g/mol. The van der Waals surface area contributed by atoms with E-state index in [1.807, 2.05) is 30.3 Å². The van der Waals surface area contributed by atoms with Crippen molar-refractivity contribution in [2.75, 3.05) is 13.1 Å². The van der Waals surface area contributed by atoms with Crippen LogP contribution in [0.5, 0.6) is 0 Å². The highest BCUT2D eigenvalue weighted by Crippen LogP contribution is 2.28. The number of hydrogen-bond acceptors (Lipinski definition) is 5. The molecular formula is C28H41N5O5. The van der Waals surface area contributed by atoms with Crippen LogP contribution in [0.2, 0.25) is 0 Å². The van der Waals surface area contributed by atoms with Gasteiger partial charge in [-0.3, -0.25) is 9.59 Å². The quantitative estimate of drug-likeness (QED) is 0.366. The lowest BCUT2D eigenvalue weighted by Gasteiger charge is -2.39. The van der Waals surface area contributed by atoms with Crippen molar-refractivity contribution in [3.05, 3.63) is 35.9 Å². The van der Waals surface area contributed by atoms with Gasteiger partial charge in [0.2, 0.25) is 17.8 Å². The number of carbonyl (C=O) groups excluding carboxylic acids is 3. The van der Waals surface area contributed by atoms with E-state index in [2.05, 4.69) is 10.3 Å². The minimum atomic E-state index is -1.14. The number of aliphatic hydroxyl groups excluding tert-OH is 1. The maximum absolute atomic E-state index is 13.2. The monoisotopic (exact) mass is 527 g/mol. The molecule has 0 bridgehead atoms. The van der Waals surface area contributed by atoms with E-state index in [1.165, 1.54) is 37.0 Å². The van der Waals surface area contributed by atoms with E-state index < -0.39 is 24.4 Å².